The number of rotatable bonds is 4. The van der Waals surface area contributed by atoms with Crippen molar-refractivity contribution in [3.05, 3.63) is 78.0 Å². The molecular weight excluding hydrogens is 350 g/mol. The van der Waals surface area contributed by atoms with Gasteiger partial charge in [0.15, 0.2) is 5.82 Å². The molecule has 0 fully saturated rings. The molecule has 2 heterocycles. The number of nitrogens with zero attached hydrogens (tertiary/aromatic N) is 3. The zero-order chi connectivity index (χ0) is 19.7. The van der Waals surface area contributed by atoms with E-state index in [9.17, 15) is 4.79 Å². The Morgan fingerprint density at radius 1 is 1.11 bits per heavy atom. The fourth-order valence-electron chi connectivity index (χ4n) is 3.55. The molecule has 1 atom stereocenters. The van der Waals surface area contributed by atoms with Gasteiger partial charge >= 0.3 is 0 Å². The molecule has 0 saturated heterocycles. The molecule has 144 valence electrons. The summed E-state index contributed by atoms with van der Waals surface area (Å²) in [5.74, 6) is 0.564. The van der Waals surface area contributed by atoms with Gasteiger partial charge in [0, 0.05) is 0 Å². The van der Waals surface area contributed by atoms with E-state index in [4.69, 9.17) is 0 Å². The monoisotopic (exact) mass is 375 g/mol. The second-order valence-electron chi connectivity index (χ2n) is 7.70. The second kappa shape index (κ2) is 7.03. The van der Waals surface area contributed by atoms with Crippen LogP contribution in [0.2, 0.25) is 0 Å². The van der Waals surface area contributed by atoms with Crippen LogP contribution in [-0.4, -0.2) is 22.2 Å². The Balaban J connectivity index is 1.60. The lowest BCUT2D eigenvalue weighted by atomic mass is 9.94. The molecule has 6 heteroatoms. The second-order valence-corrected chi connectivity index (χ2v) is 7.70. The zero-order valence-electron chi connectivity index (χ0n) is 16.4. The molecule has 1 amide bonds. The minimum absolute atomic E-state index is 0.139. The average molecular weight is 375 g/mol. The van der Waals surface area contributed by atoms with Gasteiger partial charge in [0.25, 0.3) is 5.91 Å². The minimum atomic E-state index is -0.493. The smallest absolute Gasteiger partial charge is 0.257 e. The summed E-state index contributed by atoms with van der Waals surface area (Å²) in [6.45, 7) is 6.86. The summed E-state index contributed by atoms with van der Waals surface area (Å²) < 4.78 is 1.88. The minimum Gasteiger partial charge on any atom is -0.343 e. The van der Waals surface area contributed by atoms with Crippen molar-refractivity contribution in [2.75, 3.05) is 17.0 Å². The van der Waals surface area contributed by atoms with Crippen molar-refractivity contribution >= 4 is 17.4 Å². The number of hydrogen-bond acceptors (Lipinski definition) is 4. The standard InChI is InChI=1S/C22H25N5O/c1-16-15-26(18-12-8-5-9-13-18)25-20-19(14-23-27(16)20)21(28)24-22(2,3)17-10-6-4-7-11-17/h4-14,16,25H,15H2,1-3H3,(H,24,28). The summed E-state index contributed by atoms with van der Waals surface area (Å²) in [6, 6.07) is 20.2. The van der Waals surface area contributed by atoms with E-state index in [0.29, 0.717) is 11.4 Å². The predicted molar refractivity (Wildman–Crippen MR) is 111 cm³/mol. The van der Waals surface area contributed by atoms with E-state index in [0.717, 1.165) is 17.8 Å². The first-order valence-electron chi connectivity index (χ1n) is 9.50. The maximum Gasteiger partial charge on any atom is 0.257 e. The maximum absolute atomic E-state index is 13.1. The summed E-state index contributed by atoms with van der Waals surface area (Å²) in [5, 5.41) is 9.66. The zero-order valence-corrected chi connectivity index (χ0v) is 16.4. The van der Waals surface area contributed by atoms with Gasteiger partial charge in [-0.3, -0.25) is 15.2 Å². The molecule has 0 spiro atoms. The van der Waals surface area contributed by atoms with E-state index in [1.165, 1.54) is 0 Å². The third-order valence-corrected chi connectivity index (χ3v) is 5.13. The van der Waals surface area contributed by atoms with Crippen molar-refractivity contribution in [1.82, 2.24) is 15.1 Å². The molecule has 0 aliphatic carbocycles. The highest BCUT2D eigenvalue weighted by molar-refractivity contribution is 5.99. The molecule has 1 unspecified atom stereocenters. The molecule has 0 radical (unpaired) electrons. The normalized spacial score (nSPS) is 16.2. The molecule has 28 heavy (non-hydrogen) atoms. The van der Waals surface area contributed by atoms with Gasteiger partial charge in [-0.05, 0) is 38.5 Å². The molecule has 0 saturated carbocycles. The van der Waals surface area contributed by atoms with Crippen molar-refractivity contribution in [2.45, 2.75) is 32.4 Å². The topological polar surface area (TPSA) is 62.2 Å². The summed E-state index contributed by atoms with van der Waals surface area (Å²) >= 11 is 0. The summed E-state index contributed by atoms with van der Waals surface area (Å²) in [5.41, 5.74) is 5.52. The molecule has 1 aromatic heterocycles. The van der Waals surface area contributed by atoms with Gasteiger partial charge in [0.2, 0.25) is 0 Å². The highest BCUT2D eigenvalue weighted by atomic mass is 16.1. The number of hydrogen-bond donors (Lipinski definition) is 2. The first kappa shape index (κ1) is 18.1. The van der Waals surface area contributed by atoms with Gasteiger partial charge in [-0.1, -0.05) is 48.5 Å². The van der Waals surface area contributed by atoms with Crippen LogP contribution in [-0.2, 0) is 5.54 Å². The number of nitrogens with one attached hydrogen (secondary N) is 2. The third-order valence-electron chi connectivity index (χ3n) is 5.13. The number of hydrazine groups is 1. The third kappa shape index (κ3) is 3.33. The molecule has 6 nitrogen and oxygen atoms in total. The lowest BCUT2D eigenvalue weighted by molar-refractivity contribution is 0.0912. The Labute approximate surface area is 165 Å². The van der Waals surface area contributed by atoms with Crippen molar-refractivity contribution in [1.29, 1.82) is 0 Å². The van der Waals surface area contributed by atoms with E-state index < -0.39 is 5.54 Å². The molecule has 1 aliphatic rings. The molecule has 4 rings (SSSR count). The van der Waals surface area contributed by atoms with Crippen LogP contribution in [0.5, 0.6) is 0 Å². The number of fused-ring (bicyclic) bond motifs is 1. The van der Waals surface area contributed by atoms with Crippen LogP contribution in [0.4, 0.5) is 11.5 Å². The van der Waals surface area contributed by atoms with Crippen LogP contribution in [0.15, 0.2) is 66.9 Å². The van der Waals surface area contributed by atoms with Gasteiger partial charge in [-0.25, -0.2) is 4.68 Å². The summed E-state index contributed by atoms with van der Waals surface area (Å²) in [7, 11) is 0. The Morgan fingerprint density at radius 3 is 2.43 bits per heavy atom. The van der Waals surface area contributed by atoms with E-state index >= 15 is 0 Å². The maximum atomic E-state index is 13.1. The van der Waals surface area contributed by atoms with Gasteiger partial charge in [-0.2, -0.15) is 5.10 Å². The number of anilines is 2. The lowest BCUT2D eigenvalue weighted by Gasteiger charge is -2.35. The van der Waals surface area contributed by atoms with Crippen LogP contribution in [0.25, 0.3) is 0 Å². The van der Waals surface area contributed by atoms with Crippen molar-refractivity contribution in [2.24, 2.45) is 0 Å². The molecule has 1 aliphatic heterocycles. The van der Waals surface area contributed by atoms with Crippen LogP contribution in [0, 0.1) is 0 Å². The quantitative estimate of drug-likeness (QED) is 0.725. The molecular formula is C22H25N5O. The van der Waals surface area contributed by atoms with E-state index in [1.807, 2.05) is 79.2 Å². The Kier molecular flexibility index (Phi) is 4.55. The van der Waals surface area contributed by atoms with Crippen molar-refractivity contribution in [3.8, 4) is 0 Å². The molecule has 3 aromatic rings. The lowest BCUT2D eigenvalue weighted by Crippen LogP contribution is -2.43. The average Bonchev–Trinajstić information content (AvgIpc) is 3.14. The van der Waals surface area contributed by atoms with Crippen LogP contribution >= 0.6 is 0 Å². The number of benzene rings is 2. The van der Waals surface area contributed by atoms with E-state index in [-0.39, 0.29) is 11.9 Å². The highest BCUT2D eigenvalue weighted by Crippen LogP contribution is 2.29. The first-order valence-corrected chi connectivity index (χ1v) is 9.50. The van der Waals surface area contributed by atoms with Crippen molar-refractivity contribution < 1.29 is 4.79 Å². The fraction of sp³-hybridized carbons (Fsp3) is 0.273. The van der Waals surface area contributed by atoms with E-state index in [1.54, 1.807) is 6.20 Å². The first-order chi connectivity index (χ1) is 13.5. The van der Waals surface area contributed by atoms with Gasteiger partial charge in [0.05, 0.1) is 30.0 Å². The SMILES string of the molecule is CC1CN(c2ccccc2)Nc2c(C(=O)NC(C)(C)c3ccccc3)cnn21. The molecule has 2 aromatic carbocycles. The number of para-hydroxylation sites is 1. The van der Waals surface area contributed by atoms with Crippen LogP contribution in [0.3, 0.4) is 0 Å². The number of carbonyl (C=O) groups is 1. The van der Waals surface area contributed by atoms with Crippen LogP contribution < -0.4 is 15.8 Å². The molecule has 2 N–H and O–H groups in total. The molecule has 0 bridgehead atoms. The van der Waals surface area contributed by atoms with Crippen molar-refractivity contribution in [3.63, 3.8) is 0 Å². The highest BCUT2D eigenvalue weighted by Gasteiger charge is 2.30. The van der Waals surface area contributed by atoms with Gasteiger partial charge in [-0.15, -0.1) is 0 Å². The summed E-state index contributed by atoms with van der Waals surface area (Å²) in [4.78, 5) is 13.1. The van der Waals surface area contributed by atoms with Crippen LogP contribution in [0.1, 0.15) is 42.7 Å². The largest absolute Gasteiger partial charge is 0.343 e. The Morgan fingerprint density at radius 2 is 1.75 bits per heavy atom. The Hall–Kier alpha value is -3.28. The van der Waals surface area contributed by atoms with Gasteiger partial charge in [0.1, 0.15) is 5.56 Å². The van der Waals surface area contributed by atoms with Gasteiger partial charge < -0.3 is 5.32 Å². The summed E-state index contributed by atoms with van der Waals surface area (Å²) in [6.07, 6.45) is 1.64. The fourth-order valence-corrected chi connectivity index (χ4v) is 3.55. The Bertz CT molecular complexity index is 965. The predicted octanol–water partition coefficient (Wildman–Crippen LogP) is 3.96. The number of carbonyl (C=O) groups excluding carboxylic acids is 1. The number of amides is 1. The van der Waals surface area contributed by atoms with E-state index in [2.05, 4.69) is 27.8 Å². The number of aromatic nitrogens is 2.